The van der Waals surface area contributed by atoms with Gasteiger partial charge in [-0.1, -0.05) is 0 Å². The van der Waals surface area contributed by atoms with E-state index in [4.69, 9.17) is 11.6 Å². The summed E-state index contributed by atoms with van der Waals surface area (Å²) in [6.07, 6.45) is -4.59. The zero-order valence-corrected chi connectivity index (χ0v) is 7.75. The molecule has 0 unspecified atom stereocenters. The third-order valence-electron chi connectivity index (χ3n) is 1.47. The van der Waals surface area contributed by atoms with Gasteiger partial charge >= 0.3 is 6.18 Å². The maximum atomic E-state index is 11.6. The zero-order valence-electron chi connectivity index (χ0n) is 6.99. The molecule has 0 aliphatic heterocycles. The molecule has 0 radical (unpaired) electrons. The van der Waals surface area contributed by atoms with Crippen LogP contribution in [0.1, 0.15) is 12.8 Å². The first-order valence-corrected chi connectivity index (χ1v) is 4.30. The summed E-state index contributed by atoms with van der Waals surface area (Å²) in [4.78, 5) is 1.79. The van der Waals surface area contributed by atoms with Gasteiger partial charge in [0, 0.05) is 18.8 Å². The SMILES string of the molecule is CN(CCCl)CCCC(F)(F)F. The van der Waals surface area contributed by atoms with Gasteiger partial charge in [0.15, 0.2) is 0 Å². The molecule has 0 saturated carbocycles. The monoisotopic (exact) mass is 203 g/mol. The van der Waals surface area contributed by atoms with Gasteiger partial charge in [0.05, 0.1) is 0 Å². The fraction of sp³-hybridized carbons (Fsp3) is 1.00. The van der Waals surface area contributed by atoms with Crippen LogP contribution in [0.5, 0.6) is 0 Å². The molecule has 0 atom stereocenters. The predicted molar refractivity (Wildman–Crippen MR) is 43.5 cm³/mol. The van der Waals surface area contributed by atoms with Crippen molar-refractivity contribution >= 4 is 11.6 Å². The first kappa shape index (κ1) is 12.0. The number of hydrogen-bond donors (Lipinski definition) is 0. The van der Waals surface area contributed by atoms with E-state index in [0.717, 1.165) is 0 Å². The highest BCUT2D eigenvalue weighted by Crippen LogP contribution is 2.21. The molecule has 0 aliphatic carbocycles. The normalized spacial score (nSPS) is 12.5. The lowest BCUT2D eigenvalue weighted by molar-refractivity contribution is -0.136. The Hall–Kier alpha value is 0.0400. The number of hydrogen-bond acceptors (Lipinski definition) is 1. The maximum Gasteiger partial charge on any atom is 0.389 e. The molecule has 0 bridgehead atoms. The van der Waals surface area contributed by atoms with Crippen molar-refractivity contribution < 1.29 is 13.2 Å². The molecule has 0 rings (SSSR count). The maximum absolute atomic E-state index is 11.6. The van der Waals surface area contributed by atoms with Crippen molar-refractivity contribution in [3.63, 3.8) is 0 Å². The van der Waals surface area contributed by atoms with Gasteiger partial charge in [-0.05, 0) is 20.0 Å². The first-order valence-electron chi connectivity index (χ1n) is 3.77. The topological polar surface area (TPSA) is 3.24 Å². The van der Waals surface area contributed by atoms with Crippen molar-refractivity contribution in [3.8, 4) is 0 Å². The van der Waals surface area contributed by atoms with E-state index >= 15 is 0 Å². The Bertz CT molecular complexity index is 116. The van der Waals surface area contributed by atoms with E-state index < -0.39 is 12.6 Å². The van der Waals surface area contributed by atoms with Crippen LogP contribution in [0.25, 0.3) is 0 Å². The molecule has 0 aliphatic rings. The lowest BCUT2D eigenvalue weighted by Crippen LogP contribution is -2.23. The molecule has 0 fully saturated rings. The zero-order chi connectivity index (χ0) is 9.61. The lowest BCUT2D eigenvalue weighted by Gasteiger charge is -2.14. The van der Waals surface area contributed by atoms with E-state index in [1.54, 1.807) is 11.9 Å². The number of halogens is 4. The molecule has 0 aromatic heterocycles. The quantitative estimate of drug-likeness (QED) is 0.621. The number of rotatable bonds is 5. The summed E-state index contributed by atoms with van der Waals surface area (Å²) >= 11 is 5.40. The third kappa shape index (κ3) is 8.14. The van der Waals surface area contributed by atoms with Crippen molar-refractivity contribution in [1.29, 1.82) is 0 Å². The Morgan fingerprint density at radius 2 is 1.83 bits per heavy atom. The molecule has 0 N–H and O–H groups in total. The molecule has 0 saturated heterocycles. The van der Waals surface area contributed by atoms with Crippen molar-refractivity contribution in [3.05, 3.63) is 0 Å². The molecule has 1 nitrogen and oxygen atoms in total. The van der Waals surface area contributed by atoms with Crippen LogP contribution in [0.4, 0.5) is 13.2 Å². The molecule has 12 heavy (non-hydrogen) atoms. The van der Waals surface area contributed by atoms with Gasteiger partial charge < -0.3 is 4.90 Å². The van der Waals surface area contributed by atoms with Crippen LogP contribution < -0.4 is 0 Å². The summed E-state index contributed by atoms with van der Waals surface area (Å²) in [5.74, 6) is 0.461. The molecule has 5 heteroatoms. The van der Waals surface area contributed by atoms with Crippen LogP contribution >= 0.6 is 11.6 Å². The van der Waals surface area contributed by atoms with Crippen LogP contribution in [0.2, 0.25) is 0 Å². The Labute approximate surface area is 75.5 Å². The third-order valence-corrected chi connectivity index (χ3v) is 1.64. The van der Waals surface area contributed by atoms with E-state index in [0.29, 0.717) is 19.0 Å². The summed E-state index contributed by atoms with van der Waals surface area (Å²) in [5, 5.41) is 0. The average Bonchev–Trinajstić information content (AvgIpc) is 1.84. The predicted octanol–water partition coefficient (Wildman–Crippen LogP) is 2.50. The van der Waals surface area contributed by atoms with Gasteiger partial charge in [0.2, 0.25) is 0 Å². The minimum absolute atomic E-state index is 0.150. The first-order chi connectivity index (χ1) is 5.45. The Morgan fingerprint density at radius 3 is 2.25 bits per heavy atom. The van der Waals surface area contributed by atoms with Gasteiger partial charge in [-0.2, -0.15) is 13.2 Å². The van der Waals surface area contributed by atoms with Gasteiger partial charge in [-0.3, -0.25) is 0 Å². The van der Waals surface area contributed by atoms with Gasteiger partial charge in [-0.15, -0.1) is 11.6 Å². The second kappa shape index (κ2) is 5.65. The van der Waals surface area contributed by atoms with Gasteiger partial charge in [0.25, 0.3) is 0 Å². The highest BCUT2D eigenvalue weighted by atomic mass is 35.5. The standard InChI is InChI=1S/C7H13ClF3N/c1-12(6-4-8)5-2-3-7(9,10)11/h2-6H2,1H3. The summed E-state index contributed by atoms with van der Waals surface area (Å²) in [6, 6.07) is 0. The highest BCUT2D eigenvalue weighted by molar-refractivity contribution is 6.18. The Balaban J connectivity index is 3.31. The summed E-state index contributed by atoms with van der Waals surface area (Å²) in [6.45, 7) is 1.09. The summed E-state index contributed by atoms with van der Waals surface area (Å²) in [7, 11) is 1.76. The smallest absolute Gasteiger partial charge is 0.305 e. The number of nitrogens with zero attached hydrogens (tertiary/aromatic N) is 1. The second-order valence-corrected chi connectivity index (χ2v) is 3.09. The number of alkyl halides is 4. The summed E-state index contributed by atoms with van der Waals surface area (Å²) in [5.41, 5.74) is 0. The van der Waals surface area contributed by atoms with Crippen LogP contribution in [-0.4, -0.2) is 37.1 Å². The van der Waals surface area contributed by atoms with Crippen molar-refractivity contribution in [2.45, 2.75) is 19.0 Å². The highest BCUT2D eigenvalue weighted by Gasteiger charge is 2.26. The molecule has 0 aromatic carbocycles. The second-order valence-electron chi connectivity index (χ2n) is 2.71. The van der Waals surface area contributed by atoms with E-state index in [1.165, 1.54) is 0 Å². The Morgan fingerprint density at radius 1 is 1.25 bits per heavy atom. The van der Waals surface area contributed by atoms with Crippen LogP contribution in [-0.2, 0) is 0 Å². The van der Waals surface area contributed by atoms with Crippen molar-refractivity contribution in [2.75, 3.05) is 26.0 Å². The largest absolute Gasteiger partial charge is 0.389 e. The van der Waals surface area contributed by atoms with Crippen molar-refractivity contribution in [2.24, 2.45) is 0 Å². The Kier molecular flexibility index (Phi) is 5.66. The minimum atomic E-state index is -4.03. The molecular formula is C7H13ClF3N. The summed E-state index contributed by atoms with van der Waals surface area (Å²) < 4.78 is 34.9. The minimum Gasteiger partial charge on any atom is -0.305 e. The van der Waals surface area contributed by atoms with Gasteiger partial charge in [0.1, 0.15) is 0 Å². The molecule has 74 valence electrons. The fourth-order valence-electron chi connectivity index (χ4n) is 0.806. The van der Waals surface area contributed by atoms with E-state index in [-0.39, 0.29) is 6.42 Å². The van der Waals surface area contributed by atoms with Gasteiger partial charge in [-0.25, -0.2) is 0 Å². The molecule has 0 amide bonds. The van der Waals surface area contributed by atoms with Crippen LogP contribution in [0.15, 0.2) is 0 Å². The molecular weight excluding hydrogens is 191 g/mol. The average molecular weight is 204 g/mol. The fourth-order valence-corrected chi connectivity index (χ4v) is 1.09. The molecule has 0 aromatic rings. The van der Waals surface area contributed by atoms with Crippen LogP contribution in [0, 0.1) is 0 Å². The van der Waals surface area contributed by atoms with E-state index in [2.05, 4.69) is 0 Å². The van der Waals surface area contributed by atoms with Crippen LogP contribution in [0.3, 0.4) is 0 Å². The molecule has 0 spiro atoms. The lowest BCUT2D eigenvalue weighted by atomic mass is 10.3. The molecule has 0 heterocycles. The van der Waals surface area contributed by atoms with E-state index in [9.17, 15) is 13.2 Å². The van der Waals surface area contributed by atoms with E-state index in [1.807, 2.05) is 0 Å². The van der Waals surface area contributed by atoms with Crippen molar-refractivity contribution in [1.82, 2.24) is 4.90 Å².